The largest absolute Gasteiger partial charge is 0.320 e. The van der Waals surface area contributed by atoms with E-state index >= 15 is 0 Å². The molecule has 1 amide bonds. The van der Waals surface area contributed by atoms with Gasteiger partial charge in [-0.3, -0.25) is 14.8 Å². The average Bonchev–Trinajstić information content (AvgIpc) is 2.83. The second-order valence-corrected chi connectivity index (χ2v) is 6.26. The third kappa shape index (κ3) is 2.93. The smallest absolute Gasteiger partial charge is 0.234 e. The summed E-state index contributed by atoms with van der Waals surface area (Å²) in [4.78, 5) is 22.7. The van der Waals surface area contributed by atoms with Gasteiger partial charge in [-0.25, -0.2) is 0 Å². The first kappa shape index (κ1) is 14.1. The van der Waals surface area contributed by atoms with Gasteiger partial charge in [-0.05, 0) is 25.0 Å². The zero-order valence-electron chi connectivity index (χ0n) is 12.1. The number of amides is 1. The first-order valence-corrected chi connectivity index (χ1v) is 7.94. The highest BCUT2D eigenvalue weighted by Gasteiger charge is 2.33. The summed E-state index contributed by atoms with van der Waals surface area (Å²) in [5.74, 6) is 0.689. The molecule has 1 aromatic carbocycles. The van der Waals surface area contributed by atoms with E-state index in [9.17, 15) is 4.79 Å². The quantitative estimate of drug-likeness (QED) is 0.874. The van der Waals surface area contributed by atoms with Gasteiger partial charge in [-0.15, -0.1) is 11.8 Å². The van der Waals surface area contributed by atoms with Gasteiger partial charge in [0.15, 0.2) is 0 Å². The van der Waals surface area contributed by atoms with E-state index in [0.29, 0.717) is 12.3 Å². The van der Waals surface area contributed by atoms with Crippen LogP contribution in [0.3, 0.4) is 0 Å². The molecule has 0 bridgehead atoms. The standard InChI is InChI=1S/C16H17N3OS/c1-11-5-3-4-6-14(11)16-19(15(20)10-21-16)9-13-8-17-12(2)7-18-13/h3-8,16H,9-10H2,1-2H3. The molecule has 0 saturated carbocycles. The van der Waals surface area contributed by atoms with Gasteiger partial charge in [0.05, 0.1) is 29.9 Å². The molecular weight excluding hydrogens is 282 g/mol. The molecule has 4 nitrogen and oxygen atoms in total. The molecular formula is C16H17N3OS. The average molecular weight is 299 g/mol. The minimum Gasteiger partial charge on any atom is -0.320 e. The summed E-state index contributed by atoms with van der Waals surface area (Å²) >= 11 is 1.68. The number of nitrogens with zero attached hydrogens (tertiary/aromatic N) is 3. The highest BCUT2D eigenvalue weighted by Crippen LogP contribution is 2.40. The van der Waals surface area contributed by atoms with Gasteiger partial charge >= 0.3 is 0 Å². The Morgan fingerprint density at radius 2 is 2.05 bits per heavy atom. The normalized spacial score (nSPS) is 18.3. The van der Waals surface area contributed by atoms with Crippen LogP contribution in [0, 0.1) is 13.8 Å². The lowest BCUT2D eigenvalue weighted by molar-refractivity contribution is -0.128. The summed E-state index contributed by atoms with van der Waals surface area (Å²) < 4.78 is 0. The first-order valence-electron chi connectivity index (χ1n) is 6.89. The Morgan fingerprint density at radius 3 is 2.76 bits per heavy atom. The molecule has 2 heterocycles. The Bertz CT molecular complexity index is 657. The fourth-order valence-electron chi connectivity index (χ4n) is 2.42. The lowest BCUT2D eigenvalue weighted by Gasteiger charge is -2.25. The highest BCUT2D eigenvalue weighted by molar-refractivity contribution is 8.00. The topological polar surface area (TPSA) is 46.1 Å². The third-order valence-electron chi connectivity index (χ3n) is 3.59. The van der Waals surface area contributed by atoms with E-state index < -0.39 is 0 Å². The number of hydrogen-bond acceptors (Lipinski definition) is 4. The summed E-state index contributed by atoms with van der Waals surface area (Å²) in [5, 5.41) is 0.0711. The predicted octanol–water partition coefficient (Wildman–Crippen LogP) is 2.87. The summed E-state index contributed by atoms with van der Waals surface area (Å²) in [5.41, 5.74) is 4.13. The van der Waals surface area contributed by atoms with Crippen molar-refractivity contribution in [1.29, 1.82) is 0 Å². The second-order valence-electron chi connectivity index (χ2n) is 5.19. The van der Waals surface area contributed by atoms with Gasteiger partial charge in [0.2, 0.25) is 5.91 Å². The molecule has 0 radical (unpaired) electrons. The molecule has 1 aromatic heterocycles. The lowest BCUT2D eigenvalue weighted by Crippen LogP contribution is -2.28. The van der Waals surface area contributed by atoms with E-state index in [1.54, 1.807) is 24.2 Å². The molecule has 0 N–H and O–H groups in total. The fraction of sp³-hybridized carbons (Fsp3) is 0.312. The highest BCUT2D eigenvalue weighted by atomic mass is 32.2. The van der Waals surface area contributed by atoms with Crippen molar-refractivity contribution in [2.45, 2.75) is 25.8 Å². The van der Waals surface area contributed by atoms with Crippen molar-refractivity contribution in [1.82, 2.24) is 14.9 Å². The van der Waals surface area contributed by atoms with Gasteiger partial charge in [0.25, 0.3) is 0 Å². The Labute approximate surface area is 128 Å². The molecule has 21 heavy (non-hydrogen) atoms. The summed E-state index contributed by atoms with van der Waals surface area (Å²) in [6, 6.07) is 8.23. The fourth-order valence-corrected chi connectivity index (χ4v) is 3.70. The first-order chi connectivity index (χ1) is 10.1. The molecule has 2 aromatic rings. The maximum atomic E-state index is 12.2. The number of benzene rings is 1. The van der Waals surface area contributed by atoms with E-state index in [2.05, 4.69) is 29.0 Å². The van der Waals surface area contributed by atoms with Crippen molar-refractivity contribution < 1.29 is 4.79 Å². The minimum absolute atomic E-state index is 0.0711. The van der Waals surface area contributed by atoms with Crippen molar-refractivity contribution in [2.24, 2.45) is 0 Å². The molecule has 0 aliphatic carbocycles. The minimum atomic E-state index is 0.0711. The van der Waals surface area contributed by atoms with E-state index in [-0.39, 0.29) is 11.3 Å². The van der Waals surface area contributed by atoms with Crippen LogP contribution in [0.5, 0.6) is 0 Å². The number of aryl methyl sites for hydroxylation is 2. The molecule has 108 valence electrons. The van der Waals surface area contributed by atoms with E-state index in [4.69, 9.17) is 0 Å². The van der Waals surface area contributed by atoms with Crippen molar-refractivity contribution in [3.63, 3.8) is 0 Å². The molecule has 1 unspecified atom stereocenters. The molecule has 1 fully saturated rings. The van der Waals surface area contributed by atoms with Gasteiger partial charge in [-0.2, -0.15) is 0 Å². The molecule has 1 aliphatic heterocycles. The molecule has 5 heteroatoms. The Kier molecular flexibility index (Phi) is 3.92. The molecule has 1 saturated heterocycles. The van der Waals surface area contributed by atoms with Crippen molar-refractivity contribution in [3.8, 4) is 0 Å². The Morgan fingerprint density at radius 1 is 1.24 bits per heavy atom. The summed E-state index contributed by atoms with van der Waals surface area (Å²) in [7, 11) is 0. The van der Waals surface area contributed by atoms with Crippen molar-refractivity contribution >= 4 is 17.7 Å². The lowest BCUT2D eigenvalue weighted by atomic mass is 10.1. The number of aromatic nitrogens is 2. The van der Waals surface area contributed by atoms with Crippen LogP contribution in [0.25, 0.3) is 0 Å². The van der Waals surface area contributed by atoms with Gasteiger partial charge in [0.1, 0.15) is 5.37 Å². The van der Waals surface area contributed by atoms with Gasteiger partial charge < -0.3 is 4.90 Å². The van der Waals surface area contributed by atoms with Crippen LogP contribution in [0.1, 0.15) is 27.9 Å². The number of carbonyl (C=O) groups is 1. The molecule has 1 atom stereocenters. The third-order valence-corrected chi connectivity index (χ3v) is 4.83. The van der Waals surface area contributed by atoms with Crippen LogP contribution in [0.2, 0.25) is 0 Å². The summed E-state index contributed by atoms with van der Waals surface area (Å²) in [6.45, 7) is 4.50. The van der Waals surface area contributed by atoms with Crippen LogP contribution in [-0.2, 0) is 11.3 Å². The zero-order valence-corrected chi connectivity index (χ0v) is 12.9. The van der Waals surface area contributed by atoms with E-state index in [1.807, 2.05) is 24.0 Å². The van der Waals surface area contributed by atoms with Crippen molar-refractivity contribution in [2.75, 3.05) is 5.75 Å². The van der Waals surface area contributed by atoms with E-state index in [0.717, 1.165) is 11.4 Å². The molecule has 0 spiro atoms. The van der Waals surface area contributed by atoms with Gasteiger partial charge in [0, 0.05) is 6.20 Å². The van der Waals surface area contributed by atoms with Crippen LogP contribution in [0.15, 0.2) is 36.7 Å². The number of rotatable bonds is 3. The van der Waals surface area contributed by atoms with Crippen LogP contribution in [0.4, 0.5) is 0 Å². The van der Waals surface area contributed by atoms with Crippen LogP contribution >= 0.6 is 11.8 Å². The second kappa shape index (κ2) is 5.85. The van der Waals surface area contributed by atoms with E-state index in [1.165, 1.54) is 11.1 Å². The Hall–Kier alpha value is -1.88. The number of carbonyl (C=O) groups excluding carboxylic acids is 1. The monoisotopic (exact) mass is 299 g/mol. The number of thioether (sulfide) groups is 1. The van der Waals surface area contributed by atoms with Gasteiger partial charge in [-0.1, -0.05) is 24.3 Å². The SMILES string of the molecule is Cc1cnc(CN2C(=O)CSC2c2ccccc2C)cn1. The van der Waals surface area contributed by atoms with Crippen LogP contribution < -0.4 is 0 Å². The maximum Gasteiger partial charge on any atom is 0.234 e. The summed E-state index contributed by atoms with van der Waals surface area (Å²) in [6.07, 6.45) is 3.49. The predicted molar refractivity (Wildman–Crippen MR) is 83.7 cm³/mol. The van der Waals surface area contributed by atoms with Crippen LogP contribution in [-0.4, -0.2) is 26.5 Å². The zero-order chi connectivity index (χ0) is 14.8. The Balaban J connectivity index is 1.86. The molecule has 1 aliphatic rings. The maximum absolute atomic E-state index is 12.2. The number of hydrogen-bond donors (Lipinski definition) is 0. The molecule has 3 rings (SSSR count). The van der Waals surface area contributed by atoms with Crippen molar-refractivity contribution in [3.05, 3.63) is 59.2 Å².